The molecule has 1 aliphatic rings. The Morgan fingerprint density at radius 2 is 2.00 bits per heavy atom. The second-order valence-electron chi connectivity index (χ2n) is 4.94. The maximum absolute atomic E-state index is 11.5. The minimum atomic E-state index is -0.264. The number of nitrogens with one attached hydrogen (secondary N) is 1. The molecule has 0 aromatic heterocycles. The van der Waals surface area contributed by atoms with Crippen molar-refractivity contribution in [3.05, 3.63) is 42.5 Å². The second-order valence-corrected chi connectivity index (χ2v) is 4.94. The van der Waals surface area contributed by atoms with E-state index in [2.05, 4.69) is 17.4 Å². The van der Waals surface area contributed by atoms with Crippen molar-refractivity contribution >= 4 is 16.7 Å². The number of ether oxygens (including phenoxy) is 2. The van der Waals surface area contributed by atoms with Crippen molar-refractivity contribution in [3.8, 4) is 5.75 Å². The average molecular weight is 271 g/mol. The minimum absolute atomic E-state index is 0.00935. The lowest BCUT2D eigenvalue weighted by atomic mass is 10.1. The minimum Gasteiger partial charge on any atom is -0.488 e. The van der Waals surface area contributed by atoms with Crippen LogP contribution in [0.5, 0.6) is 5.75 Å². The highest BCUT2D eigenvalue weighted by Gasteiger charge is 2.31. The predicted molar refractivity (Wildman–Crippen MR) is 76.8 cm³/mol. The molecule has 4 heteroatoms. The zero-order valence-corrected chi connectivity index (χ0v) is 11.3. The van der Waals surface area contributed by atoms with Gasteiger partial charge < -0.3 is 14.8 Å². The standard InChI is InChI=1S/C16H17NO3/c1-19-16(18)14-9-12(10-17-14)20-15-8-4-6-11-5-2-3-7-13(11)15/h2-8,12,14,17H,9-10H2,1H3. The SMILES string of the molecule is COC(=O)C1CC(Oc2cccc3ccccc23)CN1. The van der Waals surface area contributed by atoms with Crippen LogP contribution in [0, 0.1) is 0 Å². The van der Waals surface area contributed by atoms with Crippen LogP contribution in [0.3, 0.4) is 0 Å². The fourth-order valence-corrected chi connectivity index (χ4v) is 2.59. The van der Waals surface area contributed by atoms with Gasteiger partial charge in [-0.15, -0.1) is 0 Å². The summed E-state index contributed by atoms with van der Waals surface area (Å²) in [6, 6.07) is 13.9. The maximum Gasteiger partial charge on any atom is 0.323 e. The molecule has 0 bridgehead atoms. The van der Waals surface area contributed by atoms with Crippen LogP contribution in [0.4, 0.5) is 0 Å². The molecule has 1 N–H and O–H groups in total. The molecule has 1 fully saturated rings. The summed E-state index contributed by atoms with van der Waals surface area (Å²) in [6.07, 6.45) is 0.625. The molecule has 0 saturated carbocycles. The number of fused-ring (bicyclic) bond motifs is 1. The van der Waals surface area contributed by atoms with E-state index < -0.39 is 0 Å². The van der Waals surface area contributed by atoms with Gasteiger partial charge in [0.15, 0.2) is 0 Å². The van der Waals surface area contributed by atoms with Crippen molar-refractivity contribution < 1.29 is 14.3 Å². The van der Waals surface area contributed by atoms with Crippen molar-refractivity contribution in [1.82, 2.24) is 5.32 Å². The molecular weight excluding hydrogens is 254 g/mol. The van der Waals surface area contributed by atoms with Gasteiger partial charge in [-0.25, -0.2) is 0 Å². The quantitative estimate of drug-likeness (QED) is 0.869. The zero-order valence-electron chi connectivity index (χ0n) is 11.3. The smallest absolute Gasteiger partial charge is 0.323 e. The van der Waals surface area contributed by atoms with Gasteiger partial charge in [-0.3, -0.25) is 4.79 Å². The Labute approximate surface area is 117 Å². The largest absolute Gasteiger partial charge is 0.488 e. The normalized spacial score (nSPS) is 21.9. The summed E-state index contributed by atoms with van der Waals surface area (Å²) in [5, 5.41) is 5.37. The fraction of sp³-hybridized carbons (Fsp3) is 0.312. The molecule has 4 nitrogen and oxygen atoms in total. The zero-order chi connectivity index (χ0) is 13.9. The highest BCUT2D eigenvalue weighted by Crippen LogP contribution is 2.27. The summed E-state index contributed by atoms with van der Waals surface area (Å²) in [5.74, 6) is 0.634. The maximum atomic E-state index is 11.5. The molecule has 0 radical (unpaired) electrons. The number of esters is 1. The molecule has 2 aromatic carbocycles. The van der Waals surface area contributed by atoms with E-state index in [9.17, 15) is 4.79 Å². The first-order chi connectivity index (χ1) is 9.78. The first-order valence-electron chi connectivity index (χ1n) is 6.73. The highest BCUT2D eigenvalue weighted by molar-refractivity contribution is 5.88. The van der Waals surface area contributed by atoms with Gasteiger partial charge in [-0.1, -0.05) is 36.4 Å². The summed E-state index contributed by atoms with van der Waals surface area (Å²) < 4.78 is 10.8. The molecule has 0 spiro atoms. The highest BCUT2D eigenvalue weighted by atomic mass is 16.5. The van der Waals surface area contributed by atoms with E-state index in [-0.39, 0.29) is 18.1 Å². The first kappa shape index (κ1) is 12.9. The molecule has 0 amide bonds. The van der Waals surface area contributed by atoms with E-state index in [4.69, 9.17) is 9.47 Å². The number of benzene rings is 2. The van der Waals surface area contributed by atoms with Crippen LogP contribution in [0.15, 0.2) is 42.5 Å². The van der Waals surface area contributed by atoms with Gasteiger partial charge in [-0.2, -0.15) is 0 Å². The van der Waals surface area contributed by atoms with E-state index in [0.717, 1.165) is 16.5 Å². The van der Waals surface area contributed by atoms with Crippen molar-refractivity contribution in [2.75, 3.05) is 13.7 Å². The van der Waals surface area contributed by atoms with Crippen molar-refractivity contribution in [2.24, 2.45) is 0 Å². The number of carbonyl (C=O) groups is 1. The summed E-state index contributed by atoms with van der Waals surface area (Å²) in [6.45, 7) is 0.656. The van der Waals surface area contributed by atoms with Gasteiger partial charge in [0.25, 0.3) is 0 Å². The van der Waals surface area contributed by atoms with E-state index >= 15 is 0 Å². The van der Waals surface area contributed by atoms with Gasteiger partial charge in [0.05, 0.1) is 7.11 Å². The van der Waals surface area contributed by atoms with E-state index in [1.165, 1.54) is 7.11 Å². The number of rotatable bonds is 3. The summed E-state index contributed by atoms with van der Waals surface area (Å²) in [5.41, 5.74) is 0. The van der Waals surface area contributed by atoms with Gasteiger partial charge in [-0.05, 0) is 11.5 Å². The van der Waals surface area contributed by atoms with Crippen LogP contribution >= 0.6 is 0 Å². The van der Waals surface area contributed by atoms with Gasteiger partial charge in [0.1, 0.15) is 17.9 Å². The molecule has 1 aliphatic heterocycles. The molecule has 2 atom stereocenters. The molecule has 2 aromatic rings. The topological polar surface area (TPSA) is 47.6 Å². The van der Waals surface area contributed by atoms with Gasteiger partial charge in [0, 0.05) is 18.4 Å². The first-order valence-corrected chi connectivity index (χ1v) is 6.73. The molecule has 20 heavy (non-hydrogen) atoms. The third-order valence-corrected chi connectivity index (χ3v) is 3.62. The van der Waals surface area contributed by atoms with Crippen LogP contribution in [0.25, 0.3) is 10.8 Å². The average Bonchev–Trinajstić information content (AvgIpc) is 2.95. The van der Waals surface area contributed by atoms with Crippen LogP contribution < -0.4 is 10.1 Å². The van der Waals surface area contributed by atoms with Crippen LogP contribution in [-0.2, 0) is 9.53 Å². The molecule has 1 saturated heterocycles. The Kier molecular flexibility index (Phi) is 3.56. The van der Waals surface area contributed by atoms with Crippen molar-refractivity contribution in [3.63, 3.8) is 0 Å². The van der Waals surface area contributed by atoms with Crippen LogP contribution in [0.1, 0.15) is 6.42 Å². The van der Waals surface area contributed by atoms with Gasteiger partial charge >= 0.3 is 5.97 Å². The number of hydrogen-bond acceptors (Lipinski definition) is 4. The molecule has 0 aliphatic carbocycles. The molecule has 3 rings (SSSR count). The number of hydrogen-bond donors (Lipinski definition) is 1. The van der Waals surface area contributed by atoms with Crippen LogP contribution in [0.2, 0.25) is 0 Å². The van der Waals surface area contributed by atoms with E-state index in [1.54, 1.807) is 0 Å². The molecular formula is C16H17NO3. The van der Waals surface area contributed by atoms with Gasteiger partial charge in [0.2, 0.25) is 0 Å². The Morgan fingerprint density at radius 1 is 1.20 bits per heavy atom. The Morgan fingerprint density at radius 3 is 2.85 bits per heavy atom. The lowest BCUT2D eigenvalue weighted by molar-refractivity contribution is -0.142. The number of methoxy groups -OCH3 is 1. The fourth-order valence-electron chi connectivity index (χ4n) is 2.59. The predicted octanol–water partition coefficient (Wildman–Crippen LogP) is 2.12. The molecule has 1 heterocycles. The van der Waals surface area contributed by atoms with Crippen LogP contribution in [-0.4, -0.2) is 31.8 Å². The Balaban J connectivity index is 1.76. The molecule has 104 valence electrons. The summed E-state index contributed by atoms with van der Waals surface area (Å²) in [7, 11) is 1.41. The van der Waals surface area contributed by atoms with E-state index in [0.29, 0.717) is 13.0 Å². The number of carbonyl (C=O) groups excluding carboxylic acids is 1. The lowest BCUT2D eigenvalue weighted by Gasteiger charge is -2.14. The Bertz CT molecular complexity index is 621. The van der Waals surface area contributed by atoms with E-state index in [1.807, 2.05) is 30.3 Å². The third-order valence-electron chi connectivity index (χ3n) is 3.62. The summed E-state index contributed by atoms with van der Waals surface area (Å²) in [4.78, 5) is 11.5. The lowest BCUT2D eigenvalue weighted by Crippen LogP contribution is -2.31. The second kappa shape index (κ2) is 5.51. The third kappa shape index (κ3) is 2.47. The Hall–Kier alpha value is -2.07. The molecule has 2 unspecified atom stereocenters. The summed E-state index contributed by atoms with van der Waals surface area (Å²) >= 11 is 0. The van der Waals surface area contributed by atoms with Crippen molar-refractivity contribution in [1.29, 1.82) is 0 Å². The van der Waals surface area contributed by atoms with Crippen molar-refractivity contribution in [2.45, 2.75) is 18.6 Å². The monoisotopic (exact) mass is 271 g/mol.